The molecule has 0 spiro atoms. The van der Waals surface area contributed by atoms with Crippen LogP contribution in [0.5, 0.6) is 0 Å². The minimum absolute atomic E-state index is 0.0894. The molecule has 65 heavy (non-hydrogen) atoms. The first-order valence-corrected chi connectivity index (χ1v) is 26.7. The molecule has 1 unspecified atom stereocenters. The normalized spacial score (nSPS) is 12.8. The molecule has 370 valence electrons. The summed E-state index contributed by atoms with van der Waals surface area (Å²) in [5.74, 6) is -0.932. The molecule has 1 atom stereocenters. The summed E-state index contributed by atoms with van der Waals surface area (Å²) < 4.78 is 16.7. The molecule has 0 amide bonds. The third-order valence-electron chi connectivity index (χ3n) is 11.1. The van der Waals surface area contributed by atoms with Crippen molar-refractivity contribution >= 4 is 17.9 Å². The Labute approximate surface area is 400 Å². The summed E-state index contributed by atoms with van der Waals surface area (Å²) in [6.45, 7) is 6.42. The van der Waals surface area contributed by atoms with Crippen LogP contribution in [0.3, 0.4) is 0 Å². The summed E-state index contributed by atoms with van der Waals surface area (Å²) in [7, 11) is 0. The molecule has 0 rings (SSSR count). The summed E-state index contributed by atoms with van der Waals surface area (Å²) in [4.78, 5) is 37.9. The van der Waals surface area contributed by atoms with Gasteiger partial charge in [-0.1, -0.05) is 214 Å². The molecule has 0 saturated heterocycles. The van der Waals surface area contributed by atoms with Gasteiger partial charge in [-0.25, -0.2) is 0 Å². The van der Waals surface area contributed by atoms with Gasteiger partial charge in [-0.05, 0) is 103 Å². The van der Waals surface area contributed by atoms with Crippen molar-refractivity contribution in [1.82, 2.24) is 0 Å². The summed E-state index contributed by atoms with van der Waals surface area (Å²) in [5, 5.41) is 0. The largest absolute Gasteiger partial charge is 0.462 e. The van der Waals surface area contributed by atoms with Crippen molar-refractivity contribution in [3.8, 4) is 0 Å². The summed E-state index contributed by atoms with van der Waals surface area (Å²) in [6, 6.07) is 0. The lowest BCUT2D eigenvalue weighted by molar-refractivity contribution is -0.167. The Morgan fingerprint density at radius 2 is 0.600 bits per heavy atom. The van der Waals surface area contributed by atoms with Crippen molar-refractivity contribution in [3.63, 3.8) is 0 Å². The van der Waals surface area contributed by atoms with Gasteiger partial charge in [0, 0.05) is 19.3 Å². The Balaban J connectivity index is 4.31. The minimum atomic E-state index is -0.790. The number of ether oxygens (including phenoxy) is 3. The number of hydrogen-bond donors (Lipinski definition) is 0. The van der Waals surface area contributed by atoms with E-state index >= 15 is 0 Å². The molecule has 0 saturated carbocycles. The van der Waals surface area contributed by atoms with Crippen molar-refractivity contribution < 1.29 is 28.6 Å². The van der Waals surface area contributed by atoms with E-state index in [-0.39, 0.29) is 31.1 Å². The maximum atomic E-state index is 12.8. The Hall–Kier alpha value is -3.67. The zero-order chi connectivity index (χ0) is 47.2. The lowest BCUT2D eigenvalue weighted by atomic mass is 10.1. The van der Waals surface area contributed by atoms with Crippen LogP contribution >= 0.6 is 0 Å². The summed E-state index contributed by atoms with van der Waals surface area (Å²) >= 11 is 0. The zero-order valence-corrected chi connectivity index (χ0v) is 42.2. The molecule has 0 aliphatic heterocycles. The van der Waals surface area contributed by atoms with Crippen molar-refractivity contribution in [2.45, 2.75) is 245 Å². The van der Waals surface area contributed by atoms with E-state index in [4.69, 9.17) is 14.2 Å². The van der Waals surface area contributed by atoms with E-state index < -0.39 is 6.10 Å². The van der Waals surface area contributed by atoms with Crippen molar-refractivity contribution in [1.29, 1.82) is 0 Å². The SMILES string of the molecule is CC/C=C\C/C=C\C/C=C\C/C=C\C/C=C\C/C=C\CCCCCCC(=O)OCC(COC(=O)CCCCCCCCC)OC(=O)CCCCCCCCC/C=C\C/C=C\CCCCC. The highest BCUT2D eigenvalue weighted by atomic mass is 16.6. The lowest BCUT2D eigenvalue weighted by Crippen LogP contribution is -2.30. The summed E-state index contributed by atoms with van der Waals surface area (Å²) in [6.07, 6.45) is 69.8. The van der Waals surface area contributed by atoms with Gasteiger partial charge in [0.1, 0.15) is 13.2 Å². The number of allylic oxidation sites excluding steroid dienone is 16. The predicted molar refractivity (Wildman–Crippen MR) is 279 cm³/mol. The second kappa shape index (κ2) is 52.9. The van der Waals surface area contributed by atoms with Gasteiger partial charge < -0.3 is 14.2 Å². The van der Waals surface area contributed by atoms with E-state index in [1.807, 2.05) is 0 Å². The van der Waals surface area contributed by atoms with Gasteiger partial charge in [0.05, 0.1) is 0 Å². The number of carbonyl (C=O) groups is 3. The molecule has 0 aromatic rings. The molecule has 0 heterocycles. The molecule has 0 aromatic heterocycles. The molecular weight excluding hydrogens is 805 g/mol. The smallest absolute Gasteiger partial charge is 0.306 e. The van der Waals surface area contributed by atoms with Crippen LogP contribution in [0.25, 0.3) is 0 Å². The third kappa shape index (κ3) is 51.2. The number of hydrogen-bond acceptors (Lipinski definition) is 6. The Morgan fingerprint density at radius 3 is 0.969 bits per heavy atom. The molecule has 6 heteroatoms. The van der Waals surface area contributed by atoms with E-state index in [9.17, 15) is 14.4 Å². The number of esters is 3. The van der Waals surface area contributed by atoms with E-state index in [1.54, 1.807) is 0 Å². The quantitative estimate of drug-likeness (QED) is 0.0262. The van der Waals surface area contributed by atoms with E-state index in [2.05, 4.69) is 118 Å². The van der Waals surface area contributed by atoms with Gasteiger partial charge in [-0.3, -0.25) is 14.4 Å². The Bertz CT molecular complexity index is 1310. The van der Waals surface area contributed by atoms with Crippen LogP contribution in [0, 0.1) is 0 Å². The minimum Gasteiger partial charge on any atom is -0.462 e. The van der Waals surface area contributed by atoms with Crippen molar-refractivity contribution in [3.05, 3.63) is 97.2 Å². The number of unbranched alkanes of at least 4 members (excludes halogenated alkanes) is 20. The van der Waals surface area contributed by atoms with Crippen LogP contribution in [0.4, 0.5) is 0 Å². The van der Waals surface area contributed by atoms with Gasteiger partial charge in [0.25, 0.3) is 0 Å². The lowest BCUT2D eigenvalue weighted by Gasteiger charge is -2.18. The molecule has 6 nitrogen and oxygen atoms in total. The fourth-order valence-corrected chi connectivity index (χ4v) is 7.06. The predicted octanol–water partition coefficient (Wildman–Crippen LogP) is 17.8. The standard InChI is InChI=1S/C59H98O6/c1-4-7-10-13-16-18-20-22-24-26-27-28-29-30-31-33-34-36-38-40-43-46-49-52-58(61)64-55-56(54-63-57(60)51-48-45-42-15-12-9-6-3)65-59(62)53-50-47-44-41-39-37-35-32-25-23-21-19-17-14-11-8-5-2/h7,10,16-19,22-25,27-28,30-31,34,36,56H,4-6,8-9,11-15,20-21,26,29,32-33,35,37-55H2,1-3H3/b10-7-,18-16-,19-17-,24-22-,25-23-,28-27-,31-30-,36-34-. The Morgan fingerprint density at radius 1 is 0.323 bits per heavy atom. The van der Waals surface area contributed by atoms with E-state index in [0.717, 1.165) is 122 Å². The molecule has 0 bridgehead atoms. The van der Waals surface area contributed by atoms with Gasteiger partial charge in [0.15, 0.2) is 6.10 Å². The first kappa shape index (κ1) is 61.3. The number of carbonyl (C=O) groups excluding carboxylic acids is 3. The highest BCUT2D eigenvalue weighted by Gasteiger charge is 2.19. The van der Waals surface area contributed by atoms with Crippen molar-refractivity contribution in [2.75, 3.05) is 13.2 Å². The molecule has 0 aromatic carbocycles. The second-order valence-corrected chi connectivity index (χ2v) is 17.4. The summed E-state index contributed by atoms with van der Waals surface area (Å²) in [5.41, 5.74) is 0. The fraction of sp³-hybridized carbons (Fsp3) is 0.678. The molecule has 0 radical (unpaired) electrons. The Kier molecular flexibility index (Phi) is 50.0. The van der Waals surface area contributed by atoms with E-state index in [0.29, 0.717) is 19.3 Å². The van der Waals surface area contributed by atoms with Crippen LogP contribution < -0.4 is 0 Å². The first-order chi connectivity index (χ1) is 32.0. The second-order valence-electron chi connectivity index (χ2n) is 17.4. The van der Waals surface area contributed by atoms with Gasteiger partial charge in [0.2, 0.25) is 0 Å². The van der Waals surface area contributed by atoms with Crippen LogP contribution in [-0.2, 0) is 28.6 Å². The van der Waals surface area contributed by atoms with Gasteiger partial charge in [-0.2, -0.15) is 0 Å². The fourth-order valence-electron chi connectivity index (χ4n) is 7.06. The highest BCUT2D eigenvalue weighted by molar-refractivity contribution is 5.71. The third-order valence-corrected chi connectivity index (χ3v) is 11.1. The van der Waals surface area contributed by atoms with Crippen LogP contribution in [0.15, 0.2) is 97.2 Å². The average molecular weight is 903 g/mol. The average Bonchev–Trinajstić information content (AvgIpc) is 3.30. The number of rotatable bonds is 47. The van der Waals surface area contributed by atoms with Gasteiger partial charge in [-0.15, -0.1) is 0 Å². The molecule has 0 aliphatic rings. The maximum Gasteiger partial charge on any atom is 0.306 e. The molecule has 0 aliphatic carbocycles. The van der Waals surface area contributed by atoms with Crippen LogP contribution in [0.1, 0.15) is 239 Å². The molecular formula is C59H98O6. The van der Waals surface area contributed by atoms with Crippen LogP contribution in [0.2, 0.25) is 0 Å². The van der Waals surface area contributed by atoms with Crippen molar-refractivity contribution in [2.24, 2.45) is 0 Å². The topological polar surface area (TPSA) is 78.9 Å². The molecule has 0 N–H and O–H groups in total. The zero-order valence-electron chi connectivity index (χ0n) is 42.2. The van der Waals surface area contributed by atoms with E-state index in [1.165, 1.54) is 77.0 Å². The van der Waals surface area contributed by atoms with Gasteiger partial charge >= 0.3 is 17.9 Å². The van der Waals surface area contributed by atoms with Crippen LogP contribution in [-0.4, -0.2) is 37.2 Å². The monoisotopic (exact) mass is 903 g/mol. The first-order valence-electron chi connectivity index (χ1n) is 26.7. The highest BCUT2D eigenvalue weighted by Crippen LogP contribution is 2.14. The maximum absolute atomic E-state index is 12.8. The molecule has 0 fully saturated rings.